The van der Waals surface area contributed by atoms with Crippen LogP contribution in [0.5, 0.6) is 0 Å². The summed E-state index contributed by atoms with van der Waals surface area (Å²) in [6.45, 7) is 1.81. The first-order valence-electron chi connectivity index (χ1n) is 7.13. The maximum absolute atomic E-state index is 11.9. The molecule has 0 radical (unpaired) electrons. The van der Waals surface area contributed by atoms with Crippen molar-refractivity contribution in [2.45, 2.75) is 58.3 Å². The zero-order chi connectivity index (χ0) is 13.4. The van der Waals surface area contributed by atoms with Crippen molar-refractivity contribution in [2.75, 3.05) is 6.54 Å². The average molecular weight is 255 g/mol. The zero-order valence-corrected chi connectivity index (χ0v) is 11.3. The number of carbonyl (C=O) groups is 2. The van der Waals surface area contributed by atoms with E-state index in [1.165, 1.54) is 32.1 Å². The van der Waals surface area contributed by atoms with E-state index in [-0.39, 0.29) is 18.4 Å². The van der Waals surface area contributed by atoms with Gasteiger partial charge >= 0.3 is 5.97 Å². The van der Waals surface area contributed by atoms with Crippen LogP contribution in [0.1, 0.15) is 58.3 Å². The average Bonchev–Trinajstić information content (AvgIpc) is 2.36. The van der Waals surface area contributed by atoms with Crippen LogP contribution in [-0.2, 0) is 9.59 Å². The third-order valence-electron chi connectivity index (χ3n) is 3.76. The Hall–Kier alpha value is -1.06. The largest absolute Gasteiger partial charge is 0.480 e. The highest BCUT2D eigenvalue weighted by atomic mass is 16.4. The molecule has 1 fully saturated rings. The highest BCUT2D eigenvalue weighted by Crippen LogP contribution is 2.30. The molecule has 0 heterocycles. The topological polar surface area (TPSA) is 66.4 Å². The maximum Gasteiger partial charge on any atom is 0.322 e. The van der Waals surface area contributed by atoms with Crippen molar-refractivity contribution in [2.24, 2.45) is 11.8 Å². The van der Waals surface area contributed by atoms with Crippen LogP contribution < -0.4 is 5.32 Å². The molecule has 0 spiro atoms. The minimum absolute atomic E-state index is 0.00236. The molecule has 18 heavy (non-hydrogen) atoms. The number of carbonyl (C=O) groups excluding carboxylic acids is 1. The van der Waals surface area contributed by atoms with Gasteiger partial charge in [0.1, 0.15) is 6.54 Å². The van der Waals surface area contributed by atoms with Gasteiger partial charge in [0, 0.05) is 5.92 Å². The lowest BCUT2D eigenvalue weighted by molar-refractivity contribution is -0.138. The molecule has 1 atom stereocenters. The lowest BCUT2D eigenvalue weighted by Gasteiger charge is -2.25. The van der Waals surface area contributed by atoms with Crippen LogP contribution >= 0.6 is 0 Å². The van der Waals surface area contributed by atoms with Gasteiger partial charge in [0.2, 0.25) is 5.91 Å². The number of carboxylic acid groups (broad SMARTS) is 1. The number of hydrogen-bond acceptors (Lipinski definition) is 2. The molecule has 0 bridgehead atoms. The van der Waals surface area contributed by atoms with Crippen molar-refractivity contribution in [3.05, 3.63) is 0 Å². The summed E-state index contributed by atoms with van der Waals surface area (Å²) in [6.07, 6.45) is 9.10. The van der Waals surface area contributed by atoms with Crippen molar-refractivity contribution in [1.29, 1.82) is 0 Å². The fraction of sp³-hybridized carbons (Fsp3) is 0.857. The summed E-state index contributed by atoms with van der Waals surface area (Å²) in [6, 6.07) is 0. The third-order valence-corrected chi connectivity index (χ3v) is 3.76. The molecule has 1 unspecified atom stereocenters. The van der Waals surface area contributed by atoms with Gasteiger partial charge in [-0.2, -0.15) is 0 Å². The summed E-state index contributed by atoms with van der Waals surface area (Å²) in [5.74, 6) is -0.399. The predicted octanol–water partition coefficient (Wildman–Crippen LogP) is 2.57. The molecule has 1 saturated carbocycles. The fourth-order valence-electron chi connectivity index (χ4n) is 2.84. The van der Waals surface area contributed by atoms with Gasteiger partial charge in [-0.1, -0.05) is 45.4 Å². The lowest BCUT2D eigenvalue weighted by Crippen LogP contribution is -2.35. The minimum Gasteiger partial charge on any atom is -0.480 e. The van der Waals surface area contributed by atoms with Gasteiger partial charge in [-0.15, -0.1) is 0 Å². The van der Waals surface area contributed by atoms with Crippen LogP contribution in [0.4, 0.5) is 0 Å². The Morgan fingerprint density at radius 2 is 1.94 bits per heavy atom. The molecule has 1 rings (SSSR count). The Morgan fingerprint density at radius 1 is 1.28 bits per heavy atom. The second kappa shape index (κ2) is 8.11. The van der Waals surface area contributed by atoms with Gasteiger partial charge in [-0.3, -0.25) is 9.59 Å². The highest BCUT2D eigenvalue weighted by molar-refractivity contribution is 5.82. The summed E-state index contributed by atoms with van der Waals surface area (Å²) in [5.41, 5.74) is 0. The number of carboxylic acids is 1. The SMILES string of the molecule is CCCC(CC1CCCCC1)C(=O)NCC(=O)O. The van der Waals surface area contributed by atoms with Crippen LogP contribution in [0.15, 0.2) is 0 Å². The van der Waals surface area contributed by atoms with E-state index in [0.717, 1.165) is 19.3 Å². The van der Waals surface area contributed by atoms with Gasteiger partial charge in [-0.25, -0.2) is 0 Å². The molecule has 1 aliphatic carbocycles. The van der Waals surface area contributed by atoms with E-state index in [1.54, 1.807) is 0 Å². The van der Waals surface area contributed by atoms with E-state index < -0.39 is 5.97 Å². The first-order chi connectivity index (χ1) is 8.63. The molecule has 4 nitrogen and oxygen atoms in total. The van der Waals surface area contributed by atoms with Crippen LogP contribution in [0, 0.1) is 11.8 Å². The van der Waals surface area contributed by atoms with Gasteiger partial charge in [0.25, 0.3) is 0 Å². The van der Waals surface area contributed by atoms with E-state index in [4.69, 9.17) is 5.11 Å². The van der Waals surface area contributed by atoms with E-state index >= 15 is 0 Å². The Morgan fingerprint density at radius 3 is 2.50 bits per heavy atom. The van der Waals surface area contributed by atoms with Crippen LogP contribution in [0.3, 0.4) is 0 Å². The quantitative estimate of drug-likeness (QED) is 0.734. The van der Waals surface area contributed by atoms with E-state index in [1.807, 2.05) is 0 Å². The molecule has 2 N–H and O–H groups in total. The van der Waals surface area contributed by atoms with Gasteiger partial charge < -0.3 is 10.4 Å². The molecule has 0 aromatic heterocycles. The van der Waals surface area contributed by atoms with Gasteiger partial charge in [-0.05, 0) is 18.8 Å². The molecular weight excluding hydrogens is 230 g/mol. The van der Waals surface area contributed by atoms with Crippen LogP contribution in [0.2, 0.25) is 0 Å². The Labute approximate surface area is 109 Å². The molecule has 4 heteroatoms. The standard InChI is InChI=1S/C14H25NO3/c1-2-6-12(14(18)15-10-13(16)17)9-11-7-4-3-5-8-11/h11-12H,2-10H2,1H3,(H,15,18)(H,16,17). The number of amides is 1. The summed E-state index contributed by atoms with van der Waals surface area (Å²) >= 11 is 0. The van der Waals surface area contributed by atoms with Gasteiger partial charge in [0.15, 0.2) is 0 Å². The summed E-state index contributed by atoms with van der Waals surface area (Å²) in [7, 11) is 0. The molecular formula is C14H25NO3. The van der Waals surface area contributed by atoms with Crippen molar-refractivity contribution in [3.63, 3.8) is 0 Å². The van der Waals surface area contributed by atoms with Crippen LogP contribution in [-0.4, -0.2) is 23.5 Å². The second-order valence-electron chi connectivity index (χ2n) is 5.34. The third kappa shape index (κ3) is 5.52. The fourth-order valence-corrected chi connectivity index (χ4v) is 2.84. The Kier molecular flexibility index (Phi) is 6.76. The molecule has 1 amide bonds. The first-order valence-corrected chi connectivity index (χ1v) is 7.13. The lowest BCUT2D eigenvalue weighted by atomic mass is 9.81. The molecule has 0 aromatic rings. The second-order valence-corrected chi connectivity index (χ2v) is 5.34. The normalized spacial score (nSPS) is 18.3. The van der Waals surface area contributed by atoms with Crippen molar-refractivity contribution in [1.82, 2.24) is 5.32 Å². The monoisotopic (exact) mass is 255 g/mol. The summed E-state index contributed by atoms with van der Waals surface area (Å²) < 4.78 is 0. The van der Waals surface area contributed by atoms with Crippen LogP contribution in [0.25, 0.3) is 0 Å². The molecule has 0 aliphatic heterocycles. The summed E-state index contributed by atoms with van der Waals surface area (Å²) in [5, 5.41) is 11.1. The number of rotatable bonds is 7. The van der Waals surface area contributed by atoms with Crippen molar-refractivity contribution >= 4 is 11.9 Å². The zero-order valence-electron chi connectivity index (χ0n) is 11.3. The molecule has 1 aliphatic rings. The smallest absolute Gasteiger partial charge is 0.322 e. The van der Waals surface area contributed by atoms with E-state index in [2.05, 4.69) is 12.2 Å². The van der Waals surface area contributed by atoms with Crippen molar-refractivity contribution in [3.8, 4) is 0 Å². The highest BCUT2D eigenvalue weighted by Gasteiger charge is 2.23. The summed E-state index contributed by atoms with van der Waals surface area (Å²) in [4.78, 5) is 22.4. The predicted molar refractivity (Wildman–Crippen MR) is 70.2 cm³/mol. The maximum atomic E-state index is 11.9. The number of aliphatic carboxylic acids is 1. The molecule has 0 aromatic carbocycles. The van der Waals surface area contributed by atoms with E-state index in [9.17, 15) is 9.59 Å². The first kappa shape index (κ1) is 15.0. The molecule has 104 valence electrons. The number of hydrogen-bond donors (Lipinski definition) is 2. The Balaban J connectivity index is 2.41. The minimum atomic E-state index is -0.976. The number of nitrogens with one attached hydrogen (secondary N) is 1. The molecule has 0 saturated heterocycles. The van der Waals surface area contributed by atoms with Gasteiger partial charge in [0.05, 0.1) is 0 Å². The Bertz CT molecular complexity index is 272. The van der Waals surface area contributed by atoms with Crippen molar-refractivity contribution < 1.29 is 14.7 Å². The van der Waals surface area contributed by atoms with E-state index in [0.29, 0.717) is 5.92 Å².